The minimum atomic E-state index is 0.367. The third-order valence-corrected chi connectivity index (χ3v) is 2.69. The lowest BCUT2D eigenvalue weighted by molar-refractivity contribution is 0.478. The lowest BCUT2D eigenvalue weighted by Gasteiger charge is -2.09. The summed E-state index contributed by atoms with van der Waals surface area (Å²) in [5, 5.41) is 17.8. The Morgan fingerprint density at radius 3 is 2.53 bits per heavy atom. The number of anilines is 1. The Labute approximate surface area is 111 Å². The fourth-order valence-electron chi connectivity index (χ4n) is 1.60. The molecule has 19 heavy (non-hydrogen) atoms. The number of nitrogens with zero attached hydrogens (tertiary/aromatic N) is 2. The normalized spacial score (nSPS) is 9.42. The van der Waals surface area contributed by atoms with Crippen LogP contribution in [0.25, 0.3) is 0 Å². The van der Waals surface area contributed by atoms with Gasteiger partial charge >= 0.3 is 0 Å². The number of nitriles is 2. The fraction of sp³-hybridized carbons (Fsp3) is 0.0667. The van der Waals surface area contributed by atoms with Crippen molar-refractivity contribution in [1.82, 2.24) is 0 Å². The second-order valence-corrected chi connectivity index (χ2v) is 4.06. The van der Waals surface area contributed by atoms with Crippen molar-refractivity contribution in [3.05, 3.63) is 53.1 Å². The third-order valence-electron chi connectivity index (χ3n) is 2.69. The third kappa shape index (κ3) is 2.65. The Balaban J connectivity index is 2.37. The van der Waals surface area contributed by atoms with Gasteiger partial charge in [0.15, 0.2) is 0 Å². The summed E-state index contributed by atoms with van der Waals surface area (Å²) in [5.74, 6) is 1.11. The monoisotopic (exact) mass is 249 g/mol. The minimum absolute atomic E-state index is 0.367. The molecule has 2 rings (SSSR count). The number of hydrogen-bond acceptors (Lipinski definition) is 4. The number of benzene rings is 2. The lowest BCUT2D eigenvalue weighted by atomic mass is 10.1. The molecule has 0 aliphatic carbocycles. The second-order valence-electron chi connectivity index (χ2n) is 4.06. The summed E-state index contributed by atoms with van der Waals surface area (Å²) in [4.78, 5) is 0. The van der Waals surface area contributed by atoms with Crippen molar-refractivity contribution in [2.75, 3.05) is 5.73 Å². The zero-order chi connectivity index (χ0) is 13.8. The molecular formula is C15H11N3O. The highest BCUT2D eigenvalue weighted by molar-refractivity contribution is 5.57. The van der Waals surface area contributed by atoms with Gasteiger partial charge in [0.25, 0.3) is 0 Å². The van der Waals surface area contributed by atoms with E-state index in [2.05, 4.69) is 6.07 Å². The van der Waals surface area contributed by atoms with E-state index in [0.29, 0.717) is 28.3 Å². The van der Waals surface area contributed by atoms with Gasteiger partial charge in [-0.2, -0.15) is 10.5 Å². The zero-order valence-corrected chi connectivity index (χ0v) is 10.3. The minimum Gasteiger partial charge on any atom is -0.457 e. The number of ether oxygens (including phenoxy) is 1. The summed E-state index contributed by atoms with van der Waals surface area (Å²) in [7, 11) is 0. The molecule has 0 saturated heterocycles. The van der Waals surface area contributed by atoms with Crippen LogP contribution >= 0.6 is 0 Å². The van der Waals surface area contributed by atoms with E-state index in [1.165, 1.54) is 0 Å². The predicted molar refractivity (Wildman–Crippen MR) is 71.5 cm³/mol. The Bertz CT molecular complexity index is 708. The van der Waals surface area contributed by atoms with Crippen LogP contribution in [0.15, 0.2) is 36.4 Å². The molecule has 92 valence electrons. The molecular weight excluding hydrogens is 238 g/mol. The maximum atomic E-state index is 8.92. The van der Waals surface area contributed by atoms with Crippen LogP contribution in [-0.2, 0) is 0 Å². The number of hydrogen-bond donors (Lipinski definition) is 1. The van der Waals surface area contributed by atoms with Gasteiger partial charge in [0.2, 0.25) is 0 Å². The SMILES string of the molecule is Cc1ccc(C#N)cc1Oc1ccc(N)c(C#N)c1. The van der Waals surface area contributed by atoms with E-state index in [-0.39, 0.29) is 0 Å². The van der Waals surface area contributed by atoms with Crippen molar-refractivity contribution >= 4 is 5.69 Å². The molecule has 0 heterocycles. The first-order chi connectivity index (χ1) is 9.13. The van der Waals surface area contributed by atoms with Crippen molar-refractivity contribution < 1.29 is 4.74 Å². The summed E-state index contributed by atoms with van der Waals surface area (Å²) < 4.78 is 5.69. The number of aryl methyl sites for hydroxylation is 1. The molecule has 0 amide bonds. The maximum absolute atomic E-state index is 8.92. The van der Waals surface area contributed by atoms with Crippen LogP contribution in [0.3, 0.4) is 0 Å². The highest BCUT2D eigenvalue weighted by Gasteiger charge is 2.05. The molecule has 0 bridgehead atoms. The van der Waals surface area contributed by atoms with E-state index in [4.69, 9.17) is 21.0 Å². The summed E-state index contributed by atoms with van der Waals surface area (Å²) in [6.07, 6.45) is 0. The molecule has 0 saturated carbocycles. The quantitative estimate of drug-likeness (QED) is 0.829. The van der Waals surface area contributed by atoms with Crippen LogP contribution in [0.4, 0.5) is 5.69 Å². The summed E-state index contributed by atoms with van der Waals surface area (Å²) in [6, 6.07) is 14.2. The first-order valence-electron chi connectivity index (χ1n) is 5.62. The average molecular weight is 249 g/mol. The molecule has 2 N–H and O–H groups in total. The number of nitrogens with two attached hydrogens (primary N) is 1. The van der Waals surface area contributed by atoms with Crippen LogP contribution in [0.5, 0.6) is 11.5 Å². The molecule has 0 aliphatic rings. The maximum Gasteiger partial charge on any atom is 0.131 e. The molecule has 2 aromatic rings. The van der Waals surface area contributed by atoms with Crippen molar-refractivity contribution in [1.29, 1.82) is 10.5 Å². The van der Waals surface area contributed by atoms with Crippen LogP contribution < -0.4 is 10.5 Å². The second kappa shape index (κ2) is 5.12. The van der Waals surface area contributed by atoms with Gasteiger partial charge in [0.05, 0.1) is 17.2 Å². The Morgan fingerprint density at radius 1 is 1.05 bits per heavy atom. The van der Waals surface area contributed by atoms with E-state index in [1.54, 1.807) is 30.3 Å². The van der Waals surface area contributed by atoms with Gasteiger partial charge in [-0.15, -0.1) is 0 Å². The zero-order valence-electron chi connectivity index (χ0n) is 10.3. The van der Waals surface area contributed by atoms with Crippen LogP contribution in [-0.4, -0.2) is 0 Å². The van der Waals surface area contributed by atoms with E-state index in [0.717, 1.165) is 5.56 Å². The molecule has 0 radical (unpaired) electrons. The highest BCUT2D eigenvalue weighted by atomic mass is 16.5. The highest BCUT2D eigenvalue weighted by Crippen LogP contribution is 2.28. The van der Waals surface area contributed by atoms with Gasteiger partial charge in [0, 0.05) is 11.8 Å². The van der Waals surface area contributed by atoms with Crippen LogP contribution in [0.2, 0.25) is 0 Å². The first kappa shape index (κ1) is 12.5. The Hall–Kier alpha value is -2.98. The topological polar surface area (TPSA) is 82.8 Å². The smallest absolute Gasteiger partial charge is 0.131 e. The van der Waals surface area contributed by atoms with Gasteiger partial charge in [-0.1, -0.05) is 6.07 Å². The summed E-state index contributed by atoms with van der Waals surface area (Å²) in [5.41, 5.74) is 7.87. The van der Waals surface area contributed by atoms with Crippen LogP contribution in [0, 0.1) is 29.6 Å². The molecule has 0 fully saturated rings. The Kier molecular flexibility index (Phi) is 3.36. The van der Waals surface area contributed by atoms with E-state index < -0.39 is 0 Å². The van der Waals surface area contributed by atoms with Crippen molar-refractivity contribution in [3.63, 3.8) is 0 Å². The van der Waals surface area contributed by atoms with E-state index >= 15 is 0 Å². The van der Waals surface area contributed by atoms with Gasteiger partial charge in [-0.05, 0) is 36.8 Å². The van der Waals surface area contributed by atoms with Crippen molar-refractivity contribution in [2.45, 2.75) is 6.92 Å². The molecule has 0 aromatic heterocycles. The fourth-order valence-corrected chi connectivity index (χ4v) is 1.60. The molecule has 0 atom stereocenters. The van der Waals surface area contributed by atoms with Gasteiger partial charge in [-0.25, -0.2) is 0 Å². The van der Waals surface area contributed by atoms with E-state index in [1.807, 2.05) is 19.1 Å². The number of nitrogen functional groups attached to an aromatic ring is 1. The van der Waals surface area contributed by atoms with Crippen LogP contribution in [0.1, 0.15) is 16.7 Å². The first-order valence-corrected chi connectivity index (χ1v) is 5.62. The van der Waals surface area contributed by atoms with Gasteiger partial charge in [-0.3, -0.25) is 0 Å². The lowest BCUT2D eigenvalue weighted by Crippen LogP contribution is -1.93. The molecule has 2 aromatic carbocycles. The molecule has 0 aliphatic heterocycles. The van der Waals surface area contributed by atoms with Crippen molar-refractivity contribution in [2.24, 2.45) is 0 Å². The molecule has 4 heteroatoms. The summed E-state index contributed by atoms with van der Waals surface area (Å²) in [6.45, 7) is 1.89. The average Bonchev–Trinajstić information content (AvgIpc) is 2.43. The van der Waals surface area contributed by atoms with E-state index in [9.17, 15) is 0 Å². The summed E-state index contributed by atoms with van der Waals surface area (Å²) >= 11 is 0. The number of rotatable bonds is 2. The van der Waals surface area contributed by atoms with Gasteiger partial charge < -0.3 is 10.5 Å². The molecule has 4 nitrogen and oxygen atoms in total. The standard InChI is InChI=1S/C15H11N3O/c1-10-2-3-11(8-16)6-15(10)19-13-4-5-14(18)12(7-13)9-17/h2-7H,18H2,1H3. The van der Waals surface area contributed by atoms with Gasteiger partial charge in [0.1, 0.15) is 17.6 Å². The predicted octanol–water partition coefficient (Wildman–Crippen LogP) is 3.11. The van der Waals surface area contributed by atoms with Crippen molar-refractivity contribution in [3.8, 4) is 23.6 Å². The molecule has 0 unspecified atom stereocenters. The largest absolute Gasteiger partial charge is 0.457 e. The Morgan fingerprint density at radius 2 is 1.84 bits per heavy atom. The molecule has 0 spiro atoms.